The Balaban J connectivity index is 1.23. The number of carbonyl (C=O) groups excluding carboxylic acids is 2. The molecule has 10 heteroatoms. The van der Waals surface area contributed by atoms with Crippen molar-refractivity contribution in [2.24, 2.45) is 0 Å². The summed E-state index contributed by atoms with van der Waals surface area (Å²) >= 11 is 0. The van der Waals surface area contributed by atoms with Gasteiger partial charge in [-0.05, 0) is 48.5 Å². The molecule has 0 radical (unpaired) electrons. The Morgan fingerprint density at radius 1 is 1.08 bits per heavy atom. The predicted octanol–water partition coefficient (Wildman–Crippen LogP) is 3.53. The highest BCUT2D eigenvalue weighted by molar-refractivity contribution is 6.10. The number of ketones is 1. The second-order valence-electron chi connectivity index (χ2n) is 8.97. The number of phenols is 1. The standard InChI is InChI=1S/C27H24N6O4/c34-16-30-18-2-5-24-17(12-18)13-25(37-24)26(36)22-14-19-20(23(35)4-3-21(19)31-22)15-32-8-10-33(11-9-32)27-28-6-1-7-29-27/h1-7,12-14,16,31,35H,8-11,15H2,(H,30,34). The van der Waals surface area contributed by atoms with Crippen LogP contribution in [0, 0.1) is 0 Å². The molecule has 1 aliphatic heterocycles. The maximum absolute atomic E-state index is 13.3. The fourth-order valence-electron chi connectivity index (χ4n) is 4.77. The molecule has 0 spiro atoms. The number of piperazine rings is 1. The largest absolute Gasteiger partial charge is 0.508 e. The first-order valence-electron chi connectivity index (χ1n) is 12.0. The van der Waals surface area contributed by atoms with E-state index in [0.29, 0.717) is 35.3 Å². The average Bonchev–Trinajstić information content (AvgIpc) is 3.55. The number of nitrogens with zero attached hydrogens (tertiary/aromatic N) is 4. The minimum atomic E-state index is -0.292. The van der Waals surface area contributed by atoms with Gasteiger partial charge in [0.1, 0.15) is 11.3 Å². The van der Waals surface area contributed by atoms with E-state index in [4.69, 9.17) is 4.42 Å². The van der Waals surface area contributed by atoms with E-state index in [1.54, 1.807) is 60.9 Å². The van der Waals surface area contributed by atoms with Gasteiger partial charge >= 0.3 is 0 Å². The molecule has 0 unspecified atom stereocenters. The summed E-state index contributed by atoms with van der Waals surface area (Å²) in [6, 6.07) is 13.8. The molecular formula is C27H24N6O4. The summed E-state index contributed by atoms with van der Waals surface area (Å²) in [5, 5.41) is 14.8. The number of benzene rings is 2. The van der Waals surface area contributed by atoms with Gasteiger partial charge in [0.2, 0.25) is 18.1 Å². The van der Waals surface area contributed by atoms with Gasteiger partial charge in [-0.25, -0.2) is 9.97 Å². The van der Waals surface area contributed by atoms with Gasteiger partial charge in [-0.1, -0.05) is 0 Å². The maximum Gasteiger partial charge on any atom is 0.244 e. The van der Waals surface area contributed by atoms with Crippen molar-refractivity contribution in [2.45, 2.75) is 6.54 Å². The first kappa shape index (κ1) is 22.7. The first-order valence-corrected chi connectivity index (χ1v) is 12.0. The number of carbonyl (C=O) groups is 2. The molecule has 6 rings (SSSR count). The molecule has 37 heavy (non-hydrogen) atoms. The number of amides is 1. The number of nitrogens with one attached hydrogen (secondary N) is 2. The molecular weight excluding hydrogens is 472 g/mol. The van der Waals surface area contributed by atoms with Crippen LogP contribution in [-0.4, -0.2) is 63.3 Å². The Morgan fingerprint density at radius 3 is 2.68 bits per heavy atom. The smallest absolute Gasteiger partial charge is 0.244 e. The molecule has 1 amide bonds. The van der Waals surface area contributed by atoms with Crippen molar-refractivity contribution in [1.82, 2.24) is 19.9 Å². The van der Waals surface area contributed by atoms with Crippen molar-refractivity contribution in [1.29, 1.82) is 0 Å². The highest BCUT2D eigenvalue weighted by Crippen LogP contribution is 2.31. The summed E-state index contributed by atoms with van der Waals surface area (Å²) in [6.45, 7) is 3.71. The van der Waals surface area contributed by atoms with Gasteiger partial charge in [0.25, 0.3) is 0 Å². The molecule has 10 nitrogen and oxygen atoms in total. The van der Waals surface area contributed by atoms with Gasteiger partial charge in [0, 0.05) is 72.7 Å². The Labute approximate surface area is 211 Å². The number of aromatic nitrogens is 3. The highest BCUT2D eigenvalue weighted by Gasteiger charge is 2.23. The molecule has 0 aliphatic carbocycles. The van der Waals surface area contributed by atoms with E-state index in [1.807, 2.05) is 0 Å². The molecule has 0 saturated carbocycles. The summed E-state index contributed by atoms with van der Waals surface area (Å²) < 4.78 is 5.78. The number of rotatable bonds is 7. The topological polar surface area (TPSA) is 128 Å². The van der Waals surface area contributed by atoms with E-state index in [9.17, 15) is 14.7 Å². The third-order valence-corrected chi connectivity index (χ3v) is 6.69. The van der Waals surface area contributed by atoms with Crippen molar-refractivity contribution in [3.63, 3.8) is 0 Å². The summed E-state index contributed by atoms with van der Waals surface area (Å²) in [5.74, 6) is 0.815. The van der Waals surface area contributed by atoms with Gasteiger partial charge in [-0.3, -0.25) is 14.5 Å². The minimum absolute atomic E-state index is 0.190. The molecule has 4 heterocycles. The molecule has 186 valence electrons. The highest BCUT2D eigenvalue weighted by atomic mass is 16.3. The number of anilines is 2. The quantitative estimate of drug-likeness (QED) is 0.231. The lowest BCUT2D eigenvalue weighted by molar-refractivity contribution is -0.105. The van der Waals surface area contributed by atoms with Gasteiger partial charge in [-0.15, -0.1) is 0 Å². The Kier molecular flexibility index (Phi) is 5.78. The third kappa shape index (κ3) is 4.38. The van der Waals surface area contributed by atoms with Crippen LogP contribution in [0.2, 0.25) is 0 Å². The number of hydrogen-bond donors (Lipinski definition) is 3. The second-order valence-corrected chi connectivity index (χ2v) is 8.97. The summed E-state index contributed by atoms with van der Waals surface area (Å²) in [5.41, 5.74) is 3.07. The van der Waals surface area contributed by atoms with Crippen LogP contribution < -0.4 is 10.2 Å². The fraction of sp³-hybridized carbons (Fsp3) is 0.185. The van der Waals surface area contributed by atoms with E-state index in [0.717, 1.165) is 48.6 Å². The summed E-state index contributed by atoms with van der Waals surface area (Å²) in [4.78, 5) is 40.3. The first-order chi connectivity index (χ1) is 18.1. The number of H-pyrrole nitrogens is 1. The van der Waals surface area contributed by atoms with Crippen LogP contribution in [0.15, 0.2) is 65.3 Å². The number of furan rings is 1. The van der Waals surface area contributed by atoms with Crippen molar-refractivity contribution < 1.29 is 19.1 Å². The molecule has 1 saturated heterocycles. The predicted molar refractivity (Wildman–Crippen MR) is 139 cm³/mol. The van der Waals surface area contributed by atoms with Gasteiger partial charge < -0.3 is 24.7 Å². The lowest BCUT2D eigenvalue weighted by Gasteiger charge is -2.34. The number of aromatic hydroxyl groups is 1. The maximum atomic E-state index is 13.3. The molecule has 1 fully saturated rings. The van der Waals surface area contributed by atoms with Crippen molar-refractivity contribution in [3.05, 3.63) is 77.9 Å². The lowest BCUT2D eigenvalue weighted by atomic mass is 10.1. The van der Waals surface area contributed by atoms with Crippen molar-refractivity contribution in [2.75, 3.05) is 36.4 Å². The van der Waals surface area contributed by atoms with Gasteiger partial charge in [-0.2, -0.15) is 0 Å². The Bertz CT molecular complexity index is 1600. The fourth-order valence-corrected chi connectivity index (χ4v) is 4.77. The van der Waals surface area contributed by atoms with Crippen LogP contribution in [0.5, 0.6) is 5.75 Å². The lowest BCUT2D eigenvalue weighted by Crippen LogP contribution is -2.46. The average molecular weight is 497 g/mol. The zero-order valence-corrected chi connectivity index (χ0v) is 19.8. The number of hydrogen-bond acceptors (Lipinski definition) is 8. The number of aromatic amines is 1. The van der Waals surface area contributed by atoms with Crippen molar-refractivity contribution in [3.8, 4) is 5.75 Å². The molecule has 3 N–H and O–H groups in total. The zero-order valence-electron chi connectivity index (χ0n) is 19.8. The molecule has 5 aromatic rings. The Morgan fingerprint density at radius 2 is 1.89 bits per heavy atom. The summed E-state index contributed by atoms with van der Waals surface area (Å²) in [7, 11) is 0. The van der Waals surface area contributed by atoms with Crippen LogP contribution >= 0.6 is 0 Å². The molecule has 0 atom stereocenters. The van der Waals surface area contributed by atoms with Crippen LogP contribution in [-0.2, 0) is 11.3 Å². The molecule has 1 aliphatic rings. The molecule has 3 aromatic heterocycles. The van der Waals surface area contributed by atoms with Crippen LogP contribution in [0.4, 0.5) is 11.6 Å². The second kappa shape index (κ2) is 9.40. The van der Waals surface area contributed by atoms with Gasteiger partial charge in [0.15, 0.2) is 5.76 Å². The van der Waals surface area contributed by atoms with E-state index < -0.39 is 0 Å². The van der Waals surface area contributed by atoms with Crippen LogP contribution in [0.25, 0.3) is 21.9 Å². The van der Waals surface area contributed by atoms with Crippen molar-refractivity contribution >= 4 is 45.7 Å². The molecule has 2 aromatic carbocycles. The summed E-state index contributed by atoms with van der Waals surface area (Å²) in [6.07, 6.45) is 4.08. The van der Waals surface area contributed by atoms with Gasteiger partial charge in [0.05, 0.1) is 5.69 Å². The Hall–Kier alpha value is -4.70. The number of phenolic OH excluding ortho intramolecular Hbond substituents is 1. The SMILES string of the molecule is O=CNc1ccc2oc(C(=O)c3cc4c(CN5CCN(c6ncccn6)CC5)c(O)ccc4[nH]3)cc2c1. The van der Waals surface area contributed by atoms with E-state index >= 15 is 0 Å². The number of fused-ring (bicyclic) bond motifs is 2. The van der Waals surface area contributed by atoms with E-state index in [1.165, 1.54) is 0 Å². The molecule has 0 bridgehead atoms. The van der Waals surface area contributed by atoms with Crippen LogP contribution in [0.3, 0.4) is 0 Å². The van der Waals surface area contributed by atoms with Crippen LogP contribution in [0.1, 0.15) is 21.8 Å². The van der Waals surface area contributed by atoms with E-state index in [-0.39, 0.29) is 17.3 Å². The third-order valence-electron chi connectivity index (χ3n) is 6.69. The minimum Gasteiger partial charge on any atom is -0.508 e. The zero-order chi connectivity index (χ0) is 25.4. The van der Waals surface area contributed by atoms with E-state index in [2.05, 4.69) is 30.1 Å². The monoisotopic (exact) mass is 496 g/mol. The normalized spacial score (nSPS) is 14.3.